The molecule has 0 heterocycles. The molecule has 0 aromatic rings. The van der Waals surface area contributed by atoms with Crippen molar-refractivity contribution in [1.82, 2.24) is 0 Å². The summed E-state index contributed by atoms with van der Waals surface area (Å²) in [6.07, 6.45) is 25.1. The molecule has 0 bridgehead atoms. The molecule has 0 aromatic carbocycles. The van der Waals surface area contributed by atoms with E-state index in [-0.39, 0.29) is 0 Å². The Morgan fingerprint density at radius 1 is 0.760 bits per heavy atom. The van der Waals surface area contributed by atoms with Gasteiger partial charge in [-0.25, -0.2) is 0 Å². The van der Waals surface area contributed by atoms with Crippen molar-refractivity contribution in [3.05, 3.63) is 12.7 Å². The van der Waals surface area contributed by atoms with E-state index in [1.54, 1.807) is 0 Å². The zero-order chi connectivity index (χ0) is 17.7. The van der Waals surface area contributed by atoms with Gasteiger partial charge >= 0.3 is 0 Å². The van der Waals surface area contributed by atoms with E-state index in [2.05, 4.69) is 19.6 Å². The molecule has 0 unspecified atom stereocenters. The van der Waals surface area contributed by atoms with Crippen LogP contribution in [0.25, 0.3) is 0 Å². The summed E-state index contributed by atoms with van der Waals surface area (Å²) >= 11 is 0. The molecular formula is C24H44O. The first-order chi connectivity index (χ1) is 12.3. The summed E-state index contributed by atoms with van der Waals surface area (Å²) in [6.45, 7) is 7.11. The van der Waals surface area contributed by atoms with Crippen LogP contribution in [0.15, 0.2) is 12.7 Å². The SMILES string of the molecule is C=CCCCC1CCC(CCC2CCC(OCCCCC)CC2)CC1. The third kappa shape index (κ3) is 8.76. The first-order valence-corrected chi connectivity index (χ1v) is 11.5. The number of ether oxygens (including phenoxy) is 1. The second-order valence-corrected chi connectivity index (χ2v) is 8.90. The summed E-state index contributed by atoms with van der Waals surface area (Å²) < 4.78 is 6.07. The van der Waals surface area contributed by atoms with E-state index < -0.39 is 0 Å². The van der Waals surface area contributed by atoms with Crippen LogP contribution in [0.3, 0.4) is 0 Å². The van der Waals surface area contributed by atoms with Gasteiger partial charge in [-0.3, -0.25) is 0 Å². The summed E-state index contributed by atoms with van der Waals surface area (Å²) in [5, 5.41) is 0. The van der Waals surface area contributed by atoms with Gasteiger partial charge in [-0.05, 0) is 62.7 Å². The smallest absolute Gasteiger partial charge is 0.0575 e. The Hall–Kier alpha value is -0.300. The van der Waals surface area contributed by atoms with Gasteiger partial charge in [-0.2, -0.15) is 0 Å². The van der Waals surface area contributed by atoms with Crippen molar-refractivity contribution in [2.45, 2.75) is 116 Å². The maximum Gasteiger partial charge on any atom is 0.0575 e. The molecule has 0 aliphatic heterocycles. The van der Waals surface area contributed by atoms with Crippen LogP contribution in [0.4, 0.5) is 0 Å². The van der Waals surface area contributed by atoms with Crippen LogP contribution in [0.1, 0.15) is 110 Å². The third-order valence-electron chi connectivity index (χ3n) is 6.87. The summed E-state index contributed by atoms with van der Waals surface area (Å²) in [5.74, 6) is 3.07. The highest BCUT2D eigenvalue weighted by molar-refractivity contribution is 4.77. The van der Waals surface area contributed by atoms with Gasteiger partial charge < -0.3 is 4.74 Å². The van der Waals surface area contributed by atoms with Crippen molar-refractivity contribution >= 4 is 0 Å². The Kier molecular flexibility index (Phi) is 10.9. The van der Waals surface area contributed by atoms with E-state index in [9.17, 15) is 0 Å². The summed E-state index contributed by atoms with van der Waals surface area (Å²) in [5.41, 5.74) is 0. The molecule has 2 rings (SSSR count). The van der Waals surface area contributed by atoms with Gasteiger partial charge in [0, 0.05) is 6.61 Å². The van der Waals surface area contributed by atoms with Crippen LogP contribution in [0.2, 0.25) is 0 Å². The molecule has 146 valence electrons. The predicted octanol–water partition coefficient (Wildman–Crippen LogP) is 7.69. The molecule has 0 amide bonds. The molecule has 1 nitrogen and oxygen atoms in total. The van der Waals surface area contributed by atoms with Crippen LogP contribution in [0.5, 0.6) is 0 Å². The first kappa shape index (κ1) is 21.0. The second kappa shape index (κ2) is 13.0. The highest BCUT2D eigenvalue weighted by atomic mass is 16.5. The Balaban J connectivity index is 1.48. The lowest BCUT2D eigenvalue weighted by Crippen LogP contribution is -2.23. The van der Waals surface area contributed by atoms with Gasteiger partial charge in [0.25, 0.3) is 0 Å². The topological polar surface area (TPSA) is 9.23 Å². The lowest BCUT2D eigenvalue weighted by atomic mass is 9.76. The van der Waals surface area contributed by atoms with Crippen molar-refractivity contribution in [3.8, 4) is 0 Å². The third-order valence-corrected chi connectivity index (χ3v) is 6.87. The molecule has 0 spiro atoms. The molecule has 0 aromatic heterocycles. The molecule has 2 aliphatic carbocycles. The number of unbranched alkanes of at least 4 members (excludes halogenated alkanes) is 3. The number of allylic oxidation sites excluding steroid dienone is 1. The van der Waals surface area contributed by atoms with E-state index in [0.29, 0.717) is 6.10 Å². The molecule has 25 heavy (non-hydrogen) atoms. The van der Waals surface area contributed by atoms with E-state index >= 15 is 0 Å². The fourth-order valence-corrected chi connectivity index (χ4v) is 5.02. The minimum Gasteiger partial charge on any atom is -0.378 e. The van der Waals surface area contributed by atoms with Crippen molar-refractivity contribution in [1.29, 1.82) is 0 Å². The summed E-state index contributed by atoms with van der Waals surface area (Å²) in [4.78, 5) is 0. The Bertz CT molecular complexity index is 321. The second-order valence-electron chi connectivity index (χ2n) is 8.90. The van der Waals surface area contributed by atoms with Crippen LogP contribution in [0, 0.1) is 17.8 Å². The minimum absolute atomic E-state index is 0.583. The minimum atomic E-state index is 0.583. The molecule has 0 atom stereocenters. The first-order valence-electron chi connectivity index (χ1n) is 11.5. The fraction of sp³-hybridized carbons (Fsp3) is 0.917. The van der Waals surface area contributed by atoms with Gasteiger partial charge in [0.05, 0.1) is 6.10 Å². The maximum atomic E-state index is 6.07. The maximum absolute atomic E-state index is 6.07. The standard InChI is InChI=1S/C24H44O/c1-3-5-7-9-21-10-12-22(13-11-21)14-15-23-16-18-24(19-17-23)25-20-8-6-4-2/h3,21-24H,1,4-20H2,2H3. The predicted molar refractivity (Wildman–Crippen MR) is 110 cm³/mol. The van der Waals surface area contributed by atoms with Crippen molar-refractivity contribution in [3.63, 3.8) is 0 Å². The van der Waals surface area contributed by atoms with E-state index in [4.69, 9.17) is 4.74 Å². The van der Waals surface area contributed by atoms with Gasteiger partial charge in [-0.15, -0.1) is 6.58 Å². The average molecular weight is 349 g/mol. The molecule has 0 N–H and O–H groups in total. The summed E-state index contributed by atoms with van der Waals surface area (Å²) in [7, 11) is 0. The molecule has 0 radical (unpaired) electrons. The Labute approximate surface area is 158 Å². The highest BCUT2D eigenvalue weighted by Crippen LogP contribution is 2.37. The molecule has 2 saturated carbocycles. The summed E-state index contributed by atoms with van der Waals surface area (Å²) in [6, 6.07) is 0. The van der Waals surface area contributed by atoms with Crippen molar-refractivity contribution in [2.75, 3.05) is 6.61 Å². The Morgan fingerprint density at radius 2 is 1.32 bits per heavy atom. The lowest BCUT2D eigenvalue weighted by Gasteiger charge is -2.32. The van der Waals surface area contributed by atoms with E-state index in [1.165, 1.54) is 103 Å². The largest absolute Gasteiger partial charge is 0.378 e. The lowest BCUT2D eigenvalue weighted by molar-refractivity contribution is 0.0146. The average Bonchev–Trinajstić information content (AvgIpc) is 2.66. The van der Waals surface area contributed by atoms with E-state index in [0.717, 1.165) is 24.4 Å². The number of rotatable bonds is 12. The van der Waals surface area contributed by atoms with Gasteiger partial charge in [0.15, 0.2) is 0 Å². The molecule has 0 saturated heterocycles. The van der Waals surface area contributed by atoms with Crippen molar-refractivity contribution < 1.29 is 4.74 Å². The zero-order valence-corrected chi connectivity index (χ0v) is 17.0. The van der Waals surface area contributed by atoms with Crippen molar-refractivity contribution in [2.24, 2.45) is 17.8 Å². The quantitative estimate of drug-likeness (QED) is 0.259. The highest BCUT2D eigenvalue weighted by Gasteiger charge is 2.24. The van der Waals surface area contributed by atoms with Gasteiger partial charge in [0.2, 0.25) is 0 Å². The molecule has 1 heteroatoms. The van der Waals surface area contributed by atoms with Crippen LogP contribution >= 0.6 is 0 Å². The fourth-order valence-electron chi connectivity index (χ4n) is 5.02. The zero-order valence-electron chi connectivity index (χ0n) is 17.0. The monoisotopic (exact) mass is 348 g/mol. The van der Waals surface area contributed by atoms with Crippen LogP contribution < -0.4 is 0 Å². The molecule has 2 fully saturated rings. The van der Waals surface area contributed by atoms with Crippen LogP contribution in [-0.4, -0.2) is 12.7 Å². The van der Waals surface area contributed by atoms with E-state index in [1.807, 2.05) is 0 Å². The molecule has 2 aliphatic rings. The van der Waals surface area contributed by atoms with Gasteiger partial charge in [0.1, 0.15) is 0 Å². The Morgan fingerprint density at radius 3 is 1.88 bits per heavy atom. The normalized spacial score (nSPS) is 30.3. The number of hydrogen-bond acceptors (Lipinski definition) is 1. The van der Waals surface area contributed by atoms with Crippen LogP contribution in [-0.2, 0) is 4.74 Å². The molecular weight excluding hydrogens is 304 g/mol. The van der Waals surface area contributed by atoms with Gasteiger partial charge in [-0.1, -0.05) is 70.8 Å². The number of hydrogen-bond donors (Lipinski definition) is 0.